The lowest BCUT2D eigenvalue weighted by atomic mass is 10.0. The first-order valence-electron chi connectivity index (χ1n) is 6.17. The monoisotopic (exact) mass is 277 g/mol. The number of nitrogens with two attached hydrogens (primary N) is 1. The molecule has 0 unspecified atom stereocenters. The van der Waals surface area contributed by atoms with Gasteiger partial charge < -0.3 is 10.3 Å². The van der Waals surface area contributed by atoms with Crippen molar-refractivity contribution >= 4 is 23.0 Å². The number of nitrogens with zero attached hydrogens (tertiary/aromatic N) is 3. The molecule has 19 heavy (non-hydrogen) atoms. The van der Waals surface area contributed by atoms with Crippen LogP contribution in [0.3, 0.4) is 0 Å². The fourth-order valence-corrected chi connectivity index (χ4v) is 2.73. The van der Waals surface area contributed by atoms with E-state index in [2.05, 4.69) is 51.0 Å². The SMILES string of the molecule is CC(C)c1c(NN)ncnc1N(C)Cc1ccsc1. The van der Waals surface area contributed by atoms with E-state index in [1.807, 2.05) is 7.05 Å². The van der Waals surface area contributed by atoms with Gasteiger partial charge in [0.25, 0.3) is 0 Å². The lowest BCUT2D eigenvalue weighted by Gasteiger charge is -2.23. The molecular weight excluding hydrogens is 258 g/mol. The molecule has 0 aliphatic carbocycles. The number of thiophene rings is 1. The van der Waals surface area contributed by atoms with Crippen LogP contribution in [-0.2, 0) is 6.54 Å². The first-order valence-corrected chi connectivity index (χ1v) is 7.11. The van der Waals surface area contributed by atoms with Crippen molar-refractivity contribution in [3.63, 3.8) is 0 Å². The van der Waals surface area contributed by atoms with Crippen molar-refractivity contribution in [1.82, 2.24) is 9.97 Å². The van der Waals surface area contributed by atoms with Crippen molar-refractivity contribution < 1.29 is 0 Å². The van der Waals surface area contributed by atoms with E-state index < -0.39 is 0 Å². The Hall–Kier alpha value is -1.66. The summed E-state index contributed by atoms with van der Waals surface area (Å²) in [4.78, 5) is 10.7. The van der Waals surface area contributed by atoms with Gasteiger partial charge in [-0.25, -0.2) is 15.8 Å². The highest BCUT2D eigenvalue weighted by molar-refractivity contribution is 7.07. The van der Waals surface area contributed by atoms with Crippen molar-refractivity contribution in [3.05, 3.63) is 34.3 Å². The topological polar surface area (TPSA) is 67.1 Å². The second kappa shape index (κ2) is 5.99. The molecule has 0 saturated carbocycles. The highest BCUT2D eigenvalue weighted by Crippen LogP contribution is 2.30. The molecule has 0 bridgehead atoms. The van der Waals surface area contributed by atoms with Crippen LogP contribution in [0.4, 0.5) is 11.6 Å². The summed E-state index contributed by atoms with van der Waals surface area (Å²) < 4.78 is 0. The third-order valence-electron chi connectivity index (χ3n) is 2.94. The van der Waals surface area contributed by atoms with Crippen LogP contribution in [0.25, 0.3) is 0 Å². The third-order valence-corrected chi connectivity index (χ3v) is 3.67. The summed E-state index contributed by atoms with van der Waals surface area (Å²) >= 11 is 1.70. The van der Waals surface area contributed by atoms with Crippen LogP contribution < -0.4 is 16.2 Å². The average Bonchev–Trinajstić information content (AvgIpc) is 2.90. The fraction of sp³-hybridized carbons (Fsp3) is 0.385. The van der Waals surface area contributed by atoms with Crippen LogP contribution in [0.15, 0.2) is 23.2 Å². The van der Waals surface area contributed by atoms with Gasteiger partial charge in [0.15, 0.2) is 0 Å². The Balaban J connectivity index is 2.32. The zero-order valence-corrected chi connectivity index (χ0v) is 12.2. The smallest absolute Gasteiger partial charge is 0.148 e. The summed E-state index contributed by atoms with van der Waals surface area (Å²) in [7, 11) is 2.03. The van der Waals surface area contributed by atoms with E-state index in [4.69, 9.17) is 5.84 Å². The van der Waals surface area contributed by atoms with Crippen LogP contribution in [0, 0.1) is 0 Å². The highest BCUT2D eigenvalue weighted by atomic mass is 32.1. The van der Waals surface area contributed by atoms with Gasteiger partial charge in [-0.3, -0.25) is 0 Å². The standard InChI is InChI=1S/C13H19N5S/c1-9(2)11-12(17-14)15-8-16-13(11)18(3)6-10-4-5-19-7-10/h4-5,7-9H,6,14H2,1-3H3,(H,15,16,17). The molecule has 3 N–H and O–H groups in total. The molecule has 0 radical (unpaired) electrons. The molecule has 5 nitrogen and oxygen atoms in total. The van der Waals surface area contributed by atoms with Gasteiger partial charge in [0.05, 0.1) is 0 Å². The first kappa shape index (κ1) is 13.8. The van der Waals surface area contributed by atoms with E-state index in [1.165, 1.54) is 5.56 Å². The van der Waals surface area contributed by atoms with E-state index in [-0.39, 0.29) is 0 Å². The second-order valence-corrected chi connectivity index (χ2v) is 5.53. The van der Waals surface area contributed by atoms with Gasteiger partial charge in [-0.15, -0.1) is 0 Å². The number of hydrogen-bond acceptors (Lipinski definition) is 6. The molecule has 0 aliphatic heterocycles. The quantitative estimate of drug-likeness (QED) is 0.649. The Morgan fingerprint density at radius 1 is 1.42 bits per heavy atom. The predicted octanol–water partition coefficient (Wildman–Crippen LogP) is 2.58. The van der Waals surface area contributed by atoms with Crippen molar-refractivity contribution in [2.75, 3.05) is 17.4 Å². The van der Waals surface area contributed by atoms with E-state index in [1.54, 1.807) is 17.7 Å². The van der Waals surface area contributed by atoms with E-state index >= 15 is 0 Å². The molecule has 102 valence electrons. The van der Waals surface area contributed by atoms with Gasteiger partial charge in [-0.05, 0) is 28.3 Å². The minimum atomic E-state index is 0.298. The van der Waals surface area contributed by atoms with Gasteiger partial charge >= 0.3 is 0 Å². The number of nitrogen functional groups attached to an aromatic ring is 1. The summed E-state index contributed by atoms with van der Waals surface area (Å²) in [6.45, 7) is 5.05. The molecule has 2 heterocycles. The molecule has 0 atom stereocenters. The number of hydrazine groups is 1. The van der Waals surface area contributed by atoms with Crippen molar-refractivity contribution in [3.8, 4) is 0 Å². The molecule has 0 amide bonds. The first-order chi connectivity index (χ1) is 9.13. The van der Waals surface area contributed by atoms with Gasteiger partial charge in [0, 0.05) is 19.2 Å². The molecular formula is C13H19N5S. The highest BCUT2D eigenvalue weighted by Gasteiger charge is 2.17. The molecule has 0 aromatic carbocycles. The largest absolute Gasteiger partial charge is 0.355 e. The zero-order chi connectivity index (χ0) is 13.8. The summed E-state index contributed by atoms with van der Waals surface area (Å²) in [5, 5.41) is 4.23. The maximum Gasteiger partial charge on any atom is 0.148 e. The van der Waals surface area contributed by atoms with E-state index in [0.29, 0.717) is 11.7 Å². The molecule has 0 aliphatic rings. The Morgan fingerprint density at radius 2 is 2.21 bits per heavy atom. The van der Waals surface area contributed by atoms with E-state index in [0.717, 1.165) is 17.9 Å². The van der Waals surface area contributed by atoms with Gasteiger partial charge in [-0.1, -0.05) is 13.8 Å². The predicted molar refractivity (Wildman–Crippen MR) is 80.4 cm³/mol. The number of nitrogens with one attached hydrogen (secondary N) is 1. The Kier molecular flexibility index (Phi) is 4.34. The molecule has 0 fully saturated rings. The number of aromatic nitrogens is 2. The molecule has 6 heteroatoms. The zero-order valence-electron chi connectivity index (χ0n) is 11.4. The maximum absolute atomic E-state index is 5.54. The van der Waals surface area contributed by atoms with E-state index in [9.17, 15) is 0 Å². The van der Waals surface area contributed by atoms with Crippen LogP contribution >= 0.6 is 11.3 Å². The average molecular weight is 277 g/mol. The van der Waals surface area contributed by atoms with Gasteiger partial charge in [-0.2, -0.15) is 11.3 Å². The number of anilines is 2. The maximum atomic E-state index is 5.54. The summed E-state index contributed by atoms with van der Waals surface area (Å²) in [6.07, 6.45) is 1.54. The second-order valence-electron chi connectivity index (χ2n) is 4.75. The van der Waals surface area contributed by atoms with Crippen molar-refractivity contribution in [1.29, 1.82) is 0 Å². The van der Waals surface area contributed by atoms with Gasteiger partial charge in [0.1, 0.15) is 18.0 Å². The summed E-state index contributed by atoms with van der Waals surface area (Å²) in [5.41, 5.74) is 4.98. The number of rotatable bonds is 5. The molecule has 2 rings (SSSR count). The Morgan fingerprint density at radius 3 is 2.79 bits per heavy atom. The Bertz CT molecular complexity index is 524. The third kappa shape index (κ3) is 3.02. The van der Waals surface area contributed by atoms with Crippen LogP contribution in [0.1, 0.15) is 30.9 Å². The lowest BCUT2D eigenvalue weighted by Crippen LogP contribution is -2.22. The minimum absolute atomic E-state index is 0.298. The van der Waals surface area contributed by atoms with Crippen molar-refractivity contribution in [2.45, 2.75) is 26.3 Å². The minimum Gasteiger partial charge on any atom is -0.355 e. The van der Waals surface area contributed by atoms with Crippen LogP contribution in [0.5, 0.6) is 0 Å². The lowest BCUT2D eigenvalue weighted by molar-refractivity contribution is 0.810. The van der Waals surface area contributed by atoms with Crippen LogP contribution in [-0.4, -0.2) is 17.0 Å². The molecule has 0 saturated heterocycles. The number of hydrogen-bond donors (Lipinski definition) is 2. The molecule has 2 aromatic heterocycles. The fourth-order valence-electron chi connectivity index (χ4n) is 2.07. The normalized spacial score (nSPS) is 10.8. The molecule has 0 spiro atoms. The van der Waals surface area contributed by atoms with Crippen LogP contribution in [0.2, 0.25) is 0 Å². The Labute approximate surface area is 117 Å². The summed E-state index contributed by atoms with van der Waals surface area (Å²) in [5.74, 6) is 7.45. The summed E-state index contributed by atoms with van der Waals surface area (Å²) in [6, 6.07) is 2.12. The van der Waals surface area contributed by atoms with Gasteiger partial charge in [0.2, 0.25) is 0 Å². The molecule has 2 aromatic rings. The van der Waals surface area contributed by atoms with Crippen molar-refractivity contribution in [2.24, 2.45) is 5.84 Å².